The Bertz CT molecular complexity index is 193. The molecule has 2 unspecified atom stereocenters. The lowest BCUT2D eigenvalue weighted by Gasteiger charge is -2.21. The van der Waals surface area contributed by atoms with E-state index in [1.165, 1.54) is 0 Å². The molecule has 1 amide bonds. The van der Waals surface area contributed by atoms with E-state index in [1.807, 2.05) is 11.8 Å². The molecule has 0 aliphatic carbocycles. The number of aliphatic hydroxyl groups excluding tert-OH is 1. The highest BCUT2D eigenvalue weighted by Crippen LogP contribution is 2.18. The van der Waals surface area contributed by atoms with Crippen molar-refractivity contribution >= 4 is 5.91 Å². The number of carbonyl (C=O) groups is 1. The van der Waals surface area contributed by atoms with Crippen LogP contribution in [0, 0.1) is 11.8 Å². The van der Waals surface area contributed by atoms with Gasteiger partial charge in [-0.3, -0.25) is 4.79 Å². The molecule has 1 saturated heterocycles. The van der Waals surface area contributed by atoms with Gasteiger partial charge in [-0.25, -0.2) is 0 Å². The monoisotopic (exact) mass is 200 g/mol. The molecule has 1 rings (SSSR count). The van der Waals surface area contributed by atoms with Gasteiger partial charge in [0.15, 0.2) is 0 Å². The van der Waals surface area contributed by atoms with Crippen LogP contribution >= 0.6 is 0 Å². The summed E-state index contributed by atoms with van der Waals surface area (Å²) in [6.45, 7) is 4.07. The molecule has 3 N–H and O–H groups in total. The van der Waals surface area contributed by atoms with E-state index < -0.39 is 0 Å². The van der Waals surface area contributed by atoms with E-state index in [2.05, 4.69) is 0 Å². The van der Waals surface area contributed by atoms with E-state index in [-0.39, 0.29) is 24.3 Å². The maximum absolute atomic E-state index is 11.8. The summed E-state index contributed by atoms with van der Waals surface area (Å²) >= 11 is 0. The van der Waals surface area contributed by atoms with Crippen LogP contribution in [0.3, 0.4) is 0 Å². The summed E-state index contributed by atoms with van der Waals surface area (Å²) in [5.74, 6) is 0.396. The Morgan fingerprint density at radius 3 is 2.86 bits per heavy atom. The molecule has 14 heavy (non-hydrogen) atoms. The quantitative estimate of drug-likeness (QED) is 0.661. The molecule has 0 aromatic carbocycles. The van der Waals surface area contributed by atoms with Crippen LogP contribution in [-0.4, -0.2) is 42.2 Å². The number of hydrogen-bond acceptors (Lipinski definition) is 3. The Morgan fingerprint density at radius 1 is 1.71 bits per heavy atom. The van der Waals surface area contributed by atoms with Gasteiger partial charge in [-0.2, -0.15) is 0 Å². The van der Waals surface area contributed by atoms with Crippen molar-refractivity contribution < 1.29 is 9.90 Å². The van der Waals surface area contributed by atoms with Gasteiger partial charge in [-0.15, -0.1) is 0 Å². The normalized spacial score (nSPS) is 23.9. The van der Waals surface area contributed by atoms with Gasteiger partial charge in [0.05, 0.1) is 5.92 Å². The zero-order valence-corrected chi connectivity index (χ0v) is 8.78. The average molecular weight is 200 g/mol. The first kappa shape index (κ1) is 11.5. The maximum Gasteiger partial charge on any atom is 0.226 e. The van der Waals surface area contributed by atoms with E-state index >= 15 is 0 Å². The van der Waals surface area contributed by atoms with E-state index in [1.54, 1.807) is 0 Å². The summed E-state index contributed by atoms with van der Waals surface area (Å²) < 4.78 is 0. The molecule has 1 aliphatic heterocycles. The fourth-order valence-corrected chi connectivity index (χ4v) is 1.88. The van der Waals surface area contributed by atoms with Gasteiger partial charge in [0.25, 0.3) is 0 Å². The lowest BCUT2D eigenvalue weighted by Crippen LogP contribution is -2.37. The Morgan fingerprint density at radius 2 is 2.43 bits per heavy atom. The van der Waals surface area contributed by atoms with Crippen LogP contribution < -0.4 is 5.73 Å². The van der Waals surface area contributed by atoms with Crippen LogP contribution in [-0.2, 0) is 4.79 Å². The van der Waals surface area contributed by atoms with Gasteiger partial charge in [-0.1, -0.05) is 6.92 Å². The third-order valence-corrected chi connectivity index (χ3v) is 2.98. The molecular formula is C10H20N2O2. The Balaban J connectivity index is 2.45. The standard InChI is InChI=1S/C10H20N2O2/c1-2-9(5-11)10(14)12-4-3-8(6-12)7-13/h8-9,13H,2-7,11H2,1H3. The fourth-order valence-electron chi connectivity index (χ4n) is 1.88. The summed E-state index contributed by atoms with van der Waals surface area (Å²) in [5.41, 5.74) is 5.52. The molecule has 0 spiro atoms. The Labute approximate surface area is 85.1 Å². The molecule has 82 valence electrons. The van der Waals surface area contributed by atoms with Crippen LogP contribution in [0.25, 0.3) is 0 Å². The van der Waals surface area contributed by atoms with Gasteiger partial charge in [-0.05, 0) is 12.8 Å². The van der Waals surface area contributed by atoms with Crippen LogP contribution in [0.2, 0.25) is 0 Å². The highest BCUT2D eigenvalue weighted by atomic mass is 16.3. The van der Waals surface area contributed by atoms with Crippen molar-refractivity contribution in [1.29, 1.82) is 0 Å². The van der Waals surface area contributed by atoms with Crippen molar-refractivity contribution in [1.82, 2.24) is 4.90 Å². The summed E-state index contributed by atoms with van der Waals surface area (Å²) in [4.78, 5) is 13.7. The van der Waals surface area contributed by atoms with Gasteiger partial charge < -0.3 is 15.7 Å². The second-order valence-electron chi connectivity index (χ2n) is 3.96. The third-order valence-electron chi connectivity index (χ3n) is 2.98. The average Bonchev–Trinajstić information content (AvgIpc) is 2.67. The molecule has 0 aromatic heterocycles. The van der Waals surface area contributed by atoms with Crippen molar-refractivity contribution in [2.75, 3.05) is 26.2 Å². The summed E-state index contributed by atoms with van der Waals surface area (Å²) in [6, 6.07) is 0. The molecule has 0 bridgehead atoms. The van der Waals surface area contributed by atoms with Gasteiger partial charge in [0, 0.05) is 32.2 Å². The van der Waals surface area contributed by atoms with Crippen LogP contribution in [0.15, 0.2) is 0 Å². The van der Waals surface area contributed by atoms with E-state index in [9.17, 15) is 4.79 Å². The number of nitrogens with zero attached hydrogens (tertiary/aromatic N) is 1. The number of likely N-dealkylation sites (tertiary alicyclic amines) is 1. The number of nitrogens with two attached hydrogens (primary N) is 1. The zero-order valence-electron chi connectivity index (χ0n) is 8.78. The highest BCUT2D eigenvalue weighted by Gasteiger charge is 2.28. The lowest BCUT2D eigenvalue weighted by atomic mass is 10.1. The zero-order chi connectivity index (χ0) is 10.6. The third kappa shape index (κ3) is 2.45. The molecule has 1 heterocycles. The predicted molar refractivity (Wildman–Crippen MR) is 54.6 cm³/mol. The highest BCUT2D eigenvalue weighted by molar-refractivity contribution is 5.79. The summed E-state index contributed by atoms with van der Waals surface area (Å²) in [7, 11) is 0. The number of aliphatic hydroxyl groups is 1. The van der Waals surface area contributed by atoms with Crippen molar-refractivity contribution in [3.8, 4) is 0 Å². The Kier molecular flexibility index (Phi) is 4.35. The Hall–Kier alpha value is -0.610. The second kappa shape index (κ2) is 5.32. The summed E-state index contributed by atoms with van der Waals surface area (Å²) in [6.07, 6.45) is 1.72. The second-order valence-corrected chi connectivity index (χ2v) is 3.96. The van der Waals surface area contributed by atoms with E-state index in [0.29, 0.717) is 13.1 Å². The summed E-state index contributed by atoms with van der Waals surface area (Å²) in [5, 5.41) is 8.96. The topological polar surface area (TPSA) is 66.6 Å². The molecular weight excluding hydrogens is 180 g/mol. The minimum atomic E-state index is -0.0348. The maximum atomic E-state index is 11.8. The molecule has 1 aliphatic rings. The van der Waals surface area contributed by atoms with E-state index in [4.69, 9.17) is 10.8 Å². The van der Waals surface area contributed by atoms with Crippen molar-refractivity contribution in [2.24, 2.45) is 17.6 Å². The van der Waals surface area contributed by atoms with Crippen LogP contribution in [0.1, 0.15) is 19.8 Å². The molecule has 0 aromatic rings. The van der Waals surface area contributed by atoms with E-state index in [0.717, 1.165) is 19.4 Å². The first-order valence-corrected chi connectivity index (χ1v) is 5.32. The van der Waals surface area contributed by atoms with Crippen LogP contribution in [0.4, 0.5) is 0 Å². The van der Waals surface area contributed by atoms with Crippen molar-refractivity contribution in [3.05, 3.63) is 0 Å². The smallest absolute Gasteiger partial charge is 0.226 e. The molecule has 2 atom stereocenters. The van der Waals surface area contributed by atoms with Crippen molar-refractivity contribution in [3.63, 3.8) is 0 Å². The molecule has 1 fully saturated rings. The molecule has 4 heteroatoms. The first-order valence-electron chi connectivity index (χ1n) is 5.32. The number of amides is 1. The van der Waals surface area contributed by atoms with Gasteiger partial charge >= 0.3 is 0 Å². The van der Waals surface area contributed by atoms with Gasteiger partial charge in [0.2, 0.25) is 5.91 Å². The fraction of sp³-hybridized carbons (Fsp3) is 0.900. The largest absolute Gasteiger partial charge is 0.396 e. The lowest BCUT2D eigenvalue weighted by molar-refractivity contribution is -0.134. The van der Waals surface area contributed by atoms with Crippen LogP contribution in [0.5, 0.6) is 0 Å². The molecule has 0 radical (unpaired) electrons. The molecule has 0 saturated carbocycles. The number of carbonyl (C=O) groups excluding carboxylic acids is 1. The SMILES string of the molecule is CCC(CN)C(=O)N1CCC(CO)C1. The number of rotatable bonds is 4. The van der Waals surface area contributed by atoms with Crippen molar-refractivity contribution in [2.45, 2.75) is 19.8 Å². The minimum Gasteiger partial charge on any atom is -0.396 e. The van der Waals surface area contributed by atoms with Gasteiger partial charge in [0.1, 0.15) is 0 Å². The minimum absolute atomic E-state index is 0.0348. The number of hydrogen-bond donors (Lipinski definition) is 2. The first-order chi connectivity index (χ1) is 6.72. The molecule has 4 nitrogen and oxygen atoms in total. The predicted octanol–water partition coefficient (Wildman–Crippen LogP) is -0.188.